The lowest BCUT2D eigenvalue weighted by atomic mass is 10.0. The molecule has 1 aliphatic carbocycles. The van der Waals surface area contributed by atoms with Gasteiger partial charge < -0.3 is 10.8 Å². The number of benzene rings is 1. The molecule has 1 aromatic carbocycles. The Hall–Kier alpha value is -1.62. The van der Waals surface area contributed by atoms with Crippen LogP contribution in [0.5, 0.6) is 5.75 Å². The summed E-state index contributed by atoms with van der Waals surface area (Å²) in [4.78, 5) is 10.2. The van der Waals surface area contributed by atoms with Gasteiger partial charge in [-0.05, 0) is 35.4 Å². The van der Waals surface area contributed by atoms with E-state index in [1.165, 1.54) is 12.1 Å². The summed E-state index contributed by atoms with van der Waals surface area (Å²) < 4.78 is 0. The quantitative estimate of drug-likeness (QED) is 0.620. The average molecular weight is 236 g/mol. The van der Waals surface area contributed by atoms with Gasteiger partial charge in [0.1, 0.15) is 0 Å². The lowest BCUT2D eigenvalue weighted by Crippen LogP contribution is -2.05. The smallest absolute Gasteiger partial charge is 0.310 e. The molecule has 0 amide bonds. The molecular weight excluding hydrogens is 220 g/mol. The van der Waals surface area contributed by atoms with Gasteiger partial charge in [-0.3, -0.25) is 10.1 Å². The minimum atomic E-state index is -0.564. The number of aromatic hydroxyl groups is 1. The number of rotatable bonds is 3. The molecule has 0 unspecified atom stereocenters. The molecule has 0 saturated heterocycles. The van der Waals surface area contributed by atoms with Gasteiger partial charge in [-0.15, -0.1) is 0 Å². The Morgan fingerprint density at radius 1 is 1.53 bits per heavy atom. The minimum Gasteiger partial charge on any atom is -0.502 e. The molecule has 1 fully saturated rings. The largest absolute Gasteiger partial charge is 0.502 e. The fraction of sp³-hybridized carbons (Fsp3) is 0.500. The first-order valence-electron chi connectivity index (χ1n) is 5.57. The Bertz CT molecular complexity index is 471. The number of nitrogens with zero attached hydrogens (tertiary/aromatic N) is 1. The Morgan fingerprint density at radius 2 is 2.18 bits per heavy atom. The van der Waals surface area contributed by atoms with Gasteiger partial charge in [0.2, 0.25) is 0 Å². The Morgan fingerprint density at radius 3 is 2.65 bits per heavy atom. The van der Waals surface area contributed by atoms with Crippen molar-refractivity contribution in [3.05, 3.63) is 33.9 Å². The molecule has 2 atom stereocenters. The van der Waals surface area contributed by atoms with Crippen LogP contribution in [0, 0.1) is 21.4 Å². The fourth-order valence-electron chi connectivity index (χ4n) is 2.73. The first-order chi connectivity index (χ1) is 7.89. The molecule has 0 spiro atoms. The first-order valence-corrected chi connectivity index (χ1v) is 5.57. The zero-order valence-corrected chi connectivity index (χ0v) is 9.88. The van der Waals surface area contributed by atoms with Gasteiger partial charge in [0.05, 0.1) is 4.92 Å². The average Bonchev–Trinajstić information content (AvgIpc) is 2.81. The van der Waals surface area contributed by atoms with E-state index in [0.717, 1.165) is 5.56 Å². The van der Waals surface area contributed by atoms with Gasteiger partial charge >= 0.3 is 5.69 Å². The van der Waals surface area contributed by atoms with Crippen LogP contribution >= 0.6 is 0 Å². The van der Waals surface area contributed by atoms with Crippen molar-refractivity contribution in [1.82, 2.24) is 0 Å². The second-order valence-electron chi connectivity index (χ2n) is 5.15. The lowest BCUT2D eigenvalue weighted by Gasteiger charge is -2.04. The van der Waals surface area contributed by atoms with Gasteiger partial charge in [0.15, 0.2) is 5.75 Å². The topological polar surface area (TPSA) is 89.4 Å². The molecule has 0 aromatic heterocycles. The van der Waals surface area contributed by atoms with Crippen molar-refractivity contribution in [2.45, 2.75) is 19.8 Å². The predicted octanol–water partition coefficient (Wildman–Crippen LogP) is 2.00. The SMILES string of the molecule is CC1(C)[C@@H](CN)[C@@H]1c1ccc(O)c([N+](=O)[O-])c1. The van der Waals surface area contributed by atoms with Crippen LogP contribution in [0.3, 0.4) is 0 Å². The minimum absolute atomic E-state index is 0.0829. The molecule has 2 rings (SSSR count). The molecule has 0 aliphatic heterocycles. The summed E-state index contributed by atoms with van der Waals surface area (Å²) in [5, 5.41) is 20.1. The van der Waals surface area contributed by atoms with Crippen LogP contribution in [0.4, 0.5) is 5.69 Å². The molecule has 5 nitrogen and oxygen atoms in total. The second kappa shape index (κ2) is 3.70. The lowest BCUT2D eigenvalue weighted by molar-refractivity contribution is -0.385. The molecular formula is C12H16N2O3. The highest BCUT2D eigenvalue weighted by Gasteiger charge is 2.57. The van der Waals surface area contributed by atoms with Crippen LogP contribution < -0.4 is 5.73 Å². The molecule has 3 N–H and O–H groups in total. The second-order valence-corrected chi connectivity index (χ2v) is 5.15. The molecule has 0 radical (unpaired) electrons. The van der Waals surface area contributed by atoms with Crippen molar-refractivity contribution < 1.29 is 10.0 Å². The third-order valence-corrected chi connectivity index (χ3v) is 3.86. The van der Waals surface area contributed by atoms with Crippen LogP contribution in [0.15, 0.2) is 18.2 Å². The monoisotopic (exact) mass is 236 g/mol. The molecule has 5 heteroatoms. The molecule has 1 aromatic rings. The summed E-state index contributed by atoms with van der Waals surface area (Å²) in [6.07, 6.45) is 0. The number of nitro benzene ring substituents is 1. The number of phenolic OH excluding ortho intramolecular Hbond substituents is 1. The van der Waals surface area contributed by atoms with Crippen molar-refractivity contribution in [3.63, 3.8) is 0 Å². The van der Waals surface area contributed by atoms with E-state index in [-0.39, 0.29) is 22.8 Å². The van der Waals surface area contributed by atoms with Crippen LogP contribution in [0.25, 0.3) is 0 Å². The third kappa shape index (κ3) is 1.76. The number of hydrogen-bond donors (Lipinski definition) is 2. The van der Waals surface area contributed by atoms with E-state index in [1.807, 2.05) is 0 Å². The maximum atomic E-state index is 10.8. The summed E-state index contributed by atoms with van der Waals surface area (Å²) in [5.41, 5.74) is 6.41. The van der Waals surface area contributed by atoms with Crippen LogP contribution in [0.1, 0.15) is 25.3 Å². The maximum absolute atomic E-state index is 10.8. The van der Waals surface area contributed by atoms with E-state index >= 15 is 0 Å². The van der Waals surface area contributed by atoms with E-state index < -0.39 is 4.92 Å². The van der Waals surface area contributed by atoms with Gasteiger partial charge in [-0.2, -0.15) is 0 Å². The van der Waals surface area contributed by atoms with E-state index in [9.17, 15) is 15.2 Å². The number of hydrogen-bond acceptors (Lipinski definition) is 4. The van der Waals surface area contributed by atoms with Crippen LogP contribution in [-0.2, 0) is 0 Å². The highest BCUT2D eigenvalue weighted by molar-refractivity contribution is 5.50. The summed E-state index contributed by atoms with van der Waals surface area (Å²) >= 11 is 0. The van der Waals surface area contributed by atoms with Crippen molar-refractivity contribution in [1.29, 1.82) is 0 Å². The Kier molecular flexibility index (Phi) is 2.58. The van der Waals surface area contributed by atoms with Crippen molar-refractivity contribution in [3.8, 4) is 5.75 Å². The first kappa shape index (κ1) is 11.9. The zero-order valence-electron chi connectivity index (χ0n) is 9.88. The van der Waals surface area contributed by atoms with Gasteiger partial charge in [-0.25, -0.2) is 0 Å². The molecule has 17 heavy (non-hydrogen) atoms. The van der Waals surface area contributed by atoms with Gasteiger partial charge in [0.25, 0.3) is 0 Å². The highest BCUT2D eigenvalue weighted by atomic mass is 16.6. The Labute approximate surface area is 99.4 Å². The number of nitrogens with two attached hydrogens (primary N) is 1. The van der Waals surface area contributed by atoms with E-state index in [0.29, 0.717) is 12.5 Å². The number of phenols is 1. The van der Waals surface area contributed by atoms with Crippen molar-refractivity contribution in [2.24, 2.45) is 17.1 Å². The number of nitro groups is 1. The summed E-state index contributed by atoms with van der Waals surface area (Å²) in [7, 11) is 0. The zero-order chi connectivity index (χ0) is 12.8. The normalized spacial score (nSPS) is 25.6. The van der Waals surface area contributed by atoms with Crippen molar-refractivity contribution in [2.75, 3.05) is 6.54 Å². The summed E-state index contributed by atoms with van der Waals surface area (Å²) in [6, 6.07) is 4.58. The van der Waals surface area contributed by atoms with E-state index in [1.54, 1.807) is 6.07 Å². The molecule has 1 saturated carbocycles. The highest BCUT2D eigenvalue weighted by Crippen LogP contribution is 2.64. The molecule has 0 bridgehead atoms. The Balaban J connectivity index is 2.36. The summed E-state index contributed by atoms with van der Waals surface area (Å²) in [6.45, 7) is 4.79. The summed E-state index contributed by atoms with van der Waals surface area (Å²) in [5.74, 6) is 0.306. The predicted molar refractivity (Wildman–Crippen MR) is 63.8 cm³/mol. The van der Waals surface area contributed by atoms with Gasteiger partial charge in [-0.1, -0.05) is 19.9 Å². The molecule has 0 heterocycles. The van der Waals surface area contributed by atoms with Gasteiger partial charge in [0, 0.05) is 6.07 Å². The van der Waals surface area contributed by atoms with E-state index in [4.69, 9.17) is 5.73 Å². The standard InChI is InChI=1S/C12H16N2O3/c1-12(2)8(6-13)11(12)7-3-4-10(15)9(5-7)14(16)17/h3-5,8,11,15H,6,13H2,1-2H3/t8-,11-/m0/s1. The van der Waals surface area contributed by atoms with Crippen LogP contribution in [-0.4, -0.2) is 16.6 Å². The third-order valence-electron chi connectivity index (χ3n) is 3.86. The molecule has 1 aliphatic rings. The van der Waals surface area contributed by atoms with Crippen molar-refractivity contribution >= 4 is 5.69 Å². The fourth-order valence-corrected chi connectivity index (χ4v) is 2.73. The maximum Gasteiger partial charge on any atom is 0.310 e. The molecule has 92 valence electrons. The van der Waals surface area contributed by atoms with E-state index in [2.05, 4.69) is 13.8 Å². The van der Waals surface area contributed by atoms with Crippen LogP contribution in [0.2, 0.25) is 0 Å².